The second-order valence-corrected chi connectivity index (χ2v) is 2.77. The maximum atomic E-state index is 8.46. The minimum absolute atomic E-state index is 0.303. The molecule has 0 aromatic heterocycles. The Morgan fingerprint density at radius 3 is 2.55 bits per heavy atom. The number of aliphatic hydroxyl groups is 1. The first-order valence-electron chi connectivity index (χ1n) is 4.04. The summed E-state index contributed by atoms with van der Waals surface area (Å²) in [5, 5.41) is 8.46. The number of nitrogens with zero attached hydrogens (tertiary/aromatic N) is 2. The summed E-state index contributed by atoms with van der Waals surface area (Å²) in [6, 6.07) is 0. The van der Waals surface area contributed by atoms with Crippen LogP contribution in [0.25, 0.3) is 0 Å². The molecular formula is C8H18N2O. The van der Waals surface area contributed by atoms with Crippen LogP contribution in [0.1, 0.15) is 19.3 Å². The fourth-order valence-corrected chi connectivity index (χ4v) is 0.713. The van der Waals surface area contributed by atoms with Crippen molar-refractivity contribution in [2.75, 3.05) is 27.2 Å². The van der Waals surface area contributed by atoms with E-state index in [1.54, 1.807) is 0 Å². The fourth-order valence-electron chi connectivity index (χ4n) is 0.713. The van der Waals surface area contributed by atoms with E-state index in [2.05, 4.69) is 4.99 Å². The van der Waals surface area contributed by atoms with Gasteiger partial charge in [-0.15, -0.1) is 0 Å². The molecule has 0 fully saturated rings. The molecule has 66 valence electrons. The van der Waals surface area contributed by atoms with Crippen molar-refractivity contribution >= 4 is 6.34 Å². The first-order chi connectivity index (χ1) is 5.27. The van der Waals surface area contributed by atoms with Crippen molar-refractivity contribution in [2.24, 2.45) is 4.99 Å². The molecule has 11 heavy (non-hydrogen) atoms. The quantitative estimate of drug-likeness (QED) is 0.351. The molecule has 0 radical (unpaired) electrons. The average molecular weight is 158 g/mol. The van der Waals surface area contributed by atoms with Gasteiger partial charge in [0.2, 0.25) is 0 Å². The highest BCUT2D eigenvalue weighted by Crippen LogP contribution is 1.93. The molecule has 0 aromatic rings. The van der Waals surface area contributed by atoms with Crippen LogP contribution in [-0.4, -0.2) is 43.6 Å². The molecule has 0 rings (SSSR count). The van der Waals surface area contributed by atoms with Gasteiger partial charge in [0.25, 0.3) is 0 Å². The predicted molar refractivity (Wildman–Crippen MR) is 48.0 cm³/mol. The molecule has 0 saturated carbocycles. The molecule has 3 nitrogen and oxygen atoms in total. The maximum absolute atomic E-state index is 8.46. The summed E-state index contributed by atoms with van der Waals surface area (Å²) >= 11 is 0. The summed E-state index contributed by atoms with van der Waals surface area (Å²) in [6.45, 7) is 1.18. The van der Waals surface area contributed by atoms with E-state index in [-0.39, 0.29) is 0 Å². The number of hydrogen-bond donors (Lipinski definition) is 1. The van der Waals surface area contributed by atoms with Crippen LogP contribution in [0.15, 0.2) is 4.99 Å². The Bertz CT molecular complexity index is 102. The van der Waals surface area contributed by atoms with Crippen LogP contribution in [-0.2, 0) is 0 Å². The summed E-state index contributed by atoms with van der Waals surface area (Å²) in [5.74, 6) is 0. The molecule has 3 heteroatoms. The minimum Gasteiger partial charge on any atom is -0.396 e. The Balaban J connectivity index is 3.01. The number of rotatable bonds is 6. The van der Waals surface area contributed by atoms with Crippen molar-refractivity contribution in [3.05, 3.63) is 0 Å². The zero-order valence-electron chi connectivity index (χ0n) is 7.45. The van der Waals surface area contributed by atoms with E-state index < -0.39 is 0 Å². The highest BCUT2D eigenvalue weighted by Gasteiger charge is 1.84. The average Bonchev–Trinajstić information content (AvgIpc) is 1.96. The molecule has 0 spiro atoms. The molecule has 0 saturated heterocycles. The Morgan fingerprint density at radius 2 is 2.00 bits per heavy atom. The van der Waals surface area contributed by atoms with Gasteiger partial charge in [0.15, 0.2) is 0 Å². The van der Waals surface area contributed by atoms with E-state index in [1.807, 2.05) is 25.3 Å². The molecule has 0 heterocycles. The van der Waals surface area contributed by atoms with Crippen LogP contribution in [0.3, 0.4) is 0 Å². The molecule has 0 aliphatic carbocycles. The third-order valence-electron chi connectivity index (χ3n) is 1.26. The van der Waals surface area contributed by atoms with E-state index in [4.69, 9.17) is 5.11 Å². The van der Waals surface area contributed by atoms with Gasteiger partial charge in [-0.2, -0.15) is 0 Å². The summed E-state index contributed by atoms with van der Waals surface area (Å²) < 4.78 is 0. The molecular weight excluding hydrogens is 140 g/mol. The normalized spacial score (nSPS) is 10.8. The Kier molecular flexibility index (Phi) is 7.15. The zero-order valence-corrected chi connectivity index (χ0v) is 7.45. The zero-order chi connectivity index (χ0) is 8.53. The lowest BCUT2D eigenvalue weighted by Gasteiger charge is -2.01. The molecule has 0 bridgehead atoms. The first-order valence-corrected chi connectivity index (χ1v) is 4.04. The lowest BCUT2D eigenvalue weighted by atomic mass is 10.2. The monoisotopic (exact) mass is 158 g/mol. The van der Waals surface area contributed by atoms with E-state index >= 15 is 0 Å². The van der Waals surface area contributed by atoms with Gasteiger partial charge in [0.05, 0.1) is 6.34 Å². The van der Waals surface area contributed by atoms with E-state index in [9.17, 15) is 0 Å². The standard InChI is InChI=1S/C8H18N2O/c1-10(2)8-9-6-4-3-5-7-11/h8,11H,3-7H2,1-2H3. The van der Waals surface area contributed by atoms with Crippen LogP contribution in [0.5, 0.6) is 0 Å². The number of hydrogen-bond acceptors (Lipinski definition) is 2. The second kappa shape index (κ2) is 7.54. The SMILES string of the molecule is CN(C)C=NCCCCCO. The van der Waals surface area contributed by atoms with Crippen molar-refractivity contribution in [3.8, 4) is 0 Å². The molecule has 0 unspecified atom stereocenters. The molecule has 0 aliphatic rings. The lowest BCUT2D eigenvalue weighted by Crippen LogP contribution is -2.07. The largest absolute Gasteiger partial charge is 0.396 e. The Hall–Kier alpha value is -0.570. The molecule has 0 aromatic carbocycles. The summed E-state index contributed by atoms with van der Waals surface area (Å²) in [4.78, 5) is 6.08. The number of unbranched alkanes of at least 4 members (excludes halogenated alkanes) is 2. The van der Waals surface area contributed by atoms with Crippen LogP contribution < -0.4 is 0 Å². The lowest BCUT2D eigenvalue weighted by molar-refractivity contribution is 0.283. The highest BCUT2D eigenvalue weighted by atomic mass is 16.2. The van der Waals surface area contributed by atoms with Crippen molar-refractivity contribution in [1.82, 2.24) is 4.90 Å². The van der Waals surface area contributed by atoms with Gasteiger partial charge in [-0.1, -0.05) is 0 Å². The van der Waals surface area contributed by atoms with Crippen molar-refractivity contribution in [2.45, 2.75) is 19.3 Å². The van der Waals surface area contributed by atoms with Gasteiger partial charge < -0.3 is 10.0 Å². The minimum atomic E-state index is 0.303. The van der Waals surface area contributed by atoms with Crippen molar-refractivity contribution in [3.63, 3.8) is 0 Å². The van der Waals surface area contributed by atoms with Crippen LogP contribution in [0, 0.1) is 0 Å². The van der Waals surface area contributed by atoms with Gasteiger partial charge in [-0.25, -0.2) is 0 Å². The molecule has 0 amide bonds. The first kappa shape index (κ1) is 10.4. The molecule has 1 N–H and O–H groups in total. The van der Waals surface area contributed by atoms with Crippen molar-refractivity contribution < 1.29 is 5.11 Å². The van der Waals surface area contributed by atoms with Crippen LogP contribution in [0.4, 0.5) is 0 Å². The third kappa shape index (κ3) is 9.43. The van der Waals surface area contributed by atoms with E-state index in [0.717, 1.165) is 25.8 Å². The molecule has 0 atom stereocenters. The van der Waals surface area contributed by atoms with E-state index in [1.165, 1.54) is 0 Å². The van der Waals surface area contributed by atoms with Crippen LogP contribution in [0.2, 0.25) is 0 Å². The number of aliphatic hydroxyl groups excluding tert-OH is 1. The Morgan fingerprint density at radius 1 is 1.27 bits per heavy atom. The van der Waals surface area contributed by atoms with Crippen LogP contribution >= 0.6 is 0 Å². The smallest absolute Gasteiger partial charge is 0.0844 e. The topological polar surface area (TPSA) is 35.8 Å². The van der Waals surface area contributed by atoms with Gasteiger partial charge in [0, 0.05) is 27.2 Å². The van der Waals surface area contributed by atoms with Gasteiger partial charge in [-0.05, 0) is 19.3 Å². The molecule has 0 aliphatic heterocycles. The second-order valence-electron chi connectivity index (χ2n) is 2.77. The van der Waals surface area contributed by atoms with Gasteiger partial charge >= 0.3 is 0 Å². The third-order valence-corrected chi connectivity index (χ3v) is 1.26. The number of aliphatic imine (C=N–C) groups is 1. The summed E-state index contributed by atoms with van der Waals surface area (Å²) in [7, 11) is 3.91. The predicted octanol–water partition coefficient (Wildman–Crippen LogP) is 0.739. The maximum Gasteiger partial charge on any atom is 0.0844 e. The Labute approximate surface area is 68.7 Å². The fraction of sp³-hybridized carbons (Fsp3) is 0.875. The summed E-state index contributed by atoms with van der Waals surface area (Å²) in [5.41, 5.74) is 0. The van der Waals surface area contributed by atoms with E-state index in [0.29, 0.717) is 6.61 Å². The van der Waals surface area contributed by atoms with Gasteiger partial charge in [0.1, 0.15) is 0 Å². The highest BCUT2D eigenvalue weighted by molar-refractivity contribution is 5.53. The van der Waals surface area contributed by atoms with Crippen molar-refractivity contribution in [1.29, 1.82) is 0 Å². The summed E-state index contributed by atoms with van der Waals surface area (Å²) in [6.07, 6.45) is 4.86. The van der Waals surface area contributed by atoms with Gasteiger partial charge in [-0.3, -0.25) is 4.99 Å².